The van der Waals surface area contributed by atoms with Crippen molar-refractivity contribution in [3.05, 3.63) is 58.9 Å². The molecule has 2 aliphatic heterocycles. The fraction of sp³-hybridized carbons (Fsp3) is 0.211. The monoisotopic (exact) mass is 415 g/mol. The van der Waals surface area contributed by atoms with Crippen LogP contribution in [0.1, 0.15) is 5.56 Å². The van der Waals surface area contributed by atoms with Gasteiger partial charge in [0.2, 0.25) is 5.91 Å². The molecule has 0 aromatic heterocycles. The first-order chi connectivity index (χ1) is 13.8. The highest BCUT2D eigenvalue weighted by molar-refractivity contribution is 6.32. The van der Waals surface area contributed by atoms with Crippen LogP contribution in [0.25, 0.3) is 0 Å². The van der Waals surface area contributed by atoms with Crippen LogP contribution >= 0.6 is 11.6 Å². The van der Waals surface area contributed by atoms with E-state index < -0.39 is 35.6 Å². The second-order valence-electron chi connectivity index (χ2n) is 6.69. The van der Waals surface area contributed by atoms with Crippen LogP contribution in [0.2, 0.25) is 5.02 Å². The first-order valence-corrected chi connectivity index (χ1v) is 9.10. The van der Waals surface area contributed by atoms with Gasteiger partial charge >= 0.3 is 0 Å². The van der Waals surface area contributed by atoms with E-state index in [1.165, 1.54) is 35.3 Å². The molecule has 3 amide bonds. The molecule has 0 aliphatic carbocycles. The van der Waals surface area contributed by atoms with Gasteiger partial charge in [-0.15, -0.1) is 0 Å². The number of hydrogen-bond donors (Lipinski definition) is 1. The van der Waals surface area contributed by atoms with Crippen molar-refractivity contribution in [3.63, 3.8) is 0 Å². The highest BCUT2D eigenvalue weighted by Crippen LogP contribution is 2.33. The lowest BCUT2D eigenvalue weighted by molar-refractivity contribution is -0.123. The van der Waals surface area contributed by atoms with Crippen LogP contribution < -0.4 is 10.2 Å². The number of rotatable bonds is 4. The van der Waals surface area contributed by atoms with Crippen molar-refractivity contribution in [2.24, 2.45) is 10.3 Å². The molecule has 0 unspecified atom stereocenters. The smallest absolute Gasteiger partial charge is 0.263 e. The normalized spacial score (nSPS) is 20.4. The molecule has 2 atom stereocenters. The minimum atomic E-state index is -1.01. The topological polar surface area (TPSA) is 94.4 Å². The number of amides is 3. The number of nitrogens with zero attached hydrogens (tertiary/aromatic N) is 4. The SMILES string of the molecule is Cc1ccc(N2C(=O)[C@@H]3N=NN(CC(=O)Nc4ccc(F)cc4)[C@H]3C2=O)cc1Cl. The van der Waals surface area contributed by atoms with E-state index in [0.717, 1.165) is 10.5 Å². The molecule has 1 N–H and O–H groups in total. The number of nitrogens with one attached hydrogen (secondary N) is 1. The fourth-order valence-electron chi connectivity index (χ4n) is 3.21. The van der Waals surface area contributed by atoms with Gasteiger partial charge in [0.15, 0.2) is 12.1 Å². The van der Waals surface area contributed by atoms with Crippen molar-refractivity contribution in [2.75, 3.05) is 16.8 Å². The minimum absolute atomic E-state index is 0.288. The third kappa shape index (κ3) is 3.44. The van der Waals surface area contributed by atoms with Gasteiger partial charge in [-0.05, 0) is 48.9 Å². The van der Waals surface area contributed by atoms with Crippen molar-refractivity contribution in [1.29, 1.82) is 0 Å². The summed E-state index contributed by atoms with van der Waals surface area (Å²) in [6, 6.07) is 8.11. The van der Waals surface area contributed by atoms with Crippen LogP contribution in [0.3, 0.4) is 0 Å². The van der Waals surface area contributed by atoms with Crippen LogP contribution in [0, 0.1) is 12.7 Å². The zero-order chi connectivity index (χ0) is 20.7. The van der Waals surface area contributed by atoms with Crippen LogP contribution in [0.5, 0.6) is 0 Å². The lowest BCUT2D eigenvalue weighted by atomic mass is 10.1. The quantitative estimate of drug-likeness (QED) is 0.777. The van der Waals surface area contributed by atoms with E-state index in [4.69, 9.17) is 11.6 Å². The van der Waals surface area contributed by atoms with Crippen molar-refractivity contribution >= 4 is 40.7 Å². The number of benzene rings is 2. The zero-order valence-corrected chi connectivity index (χ0v) is 15.9. The summed E-state index contributed by atoms with van der Waals surface area (Å²) in [5, 5.41) is 11.9. The highest BCUT2D eigenvalue weighted by atomic mass is 35.5. The van der Waals surface area contributed by atoms with Gasteiger partial charge in [-0.25, -0.2) is 9.29 Å². The Labute approximate surface area is 169 Å². The molecule has 2 heterocycles. The zero-order valence-electron chi connectivity index (χ0n) is 15.2. The molecule has 2 aromatic rings. The van der Waals surface area contributed by atoms with Gasteiger partial charge in [0.1, 0.15) is 12.4 Å². The van der Waals surface area contributed by atoms with Gasteiger partial charge < -0.3 is 5.32 Å². The molecule has 1 fully saturated rings. The van der Waals surface area contributed by atoms with E-state index in [-0.39, 0.29) is 6.54 Å². The molecule has 2 aliphatic rings. The molecule has 10 heteroatoms. The van der Waals surface area contributed by atoms with Gasteiger partial charge in [0.25, 0.3) is 11.8 Å². The summed E-state index contributed by atoms with van der Waals surface area (Å²) >= 11 is 6.11. The summed E-state index contributed by atoms with van der Waals surface area (Å²) in [5.74, 6) is -1.96. The average Bonchev–Trinajstić information content (AvgIpc) is 3.20. The first kappa shape index (κ1) is 19.0. The Morgan fingerprint density at radius 3 is 2.59 bits per heavy atom. The number of hydrogen-bond acceptors (Lipinski definition) is 6. The maximum atomic E-state index is 13.0. The summed E-state index contributed by atoms with van der Waals surface area (Å²) in [6.45, 7) is 1.52. The number of halogens is 2. The second-order valence-corrected chi connectivity index (χ2v) is 7.10. The lowest BCUT2D eigenvalue weighted by Crippen LogP contribution is -2.43. The van der Waals surface area contributed by atoms with Gasteiger partial charge in [0.05, 0.1) is 5.69 Å². The number of carbonyl (C=O) groups is 3. The molecule has 0 spiro atoms. The molecular weight excluding hydrogens is 401 g/mol. The molecular formula is C19H15ClFN5O3. The van der Waals surface area contributed by atoms with E-state index in [1.807, 2.05) is 6.92 Å². The molecule has 8 nitrogen and oxygen atoms in total. The van der Waals surface area contributed by atoms with Crippen molar-refractivity contribution in [2.45, 2.75) is 19.0 Å². The predicted molar refractivity (Wildman–Crippen MR) is 103 cm³/mol. The van der Waals surface area contributed by atoms with Crippen LogP contribution in [-0.2, 0) is 14.4 Å². The third-order valence-electron chi connectivity index (χ3n) is 4.71. The van der Waals surface area contributed by atoms with Crippen molar-refractivity contribution in [1.82, 2.24) is 5.01 Å². The maximum absolute atomic E-state index is 13.0. The average molecular weight is 416 g/mol. The Kier molecular flexibility index (Phi) is 4.75. The summed E-state index contributed by atoms with van der Waals surface area (Å²) in [6.07, 6.45) is 0. The second kappa shape index (κ2) is 7.25. The first-order valence-electron chi connectivity index (χ1n) is 8.72. The third-order valence-corrected chi connectivity index (χ3v) is 5.11. The molecule has 0 radical (unpaired) electrons. The fourth-order valence-corrected chi connectivity index (χ4v) is 3.38. The minimum Gasteiger partial charge on any atom is -0.324 e. The van der Waals surface area contributed by atoms with E-state index >= 15 is 0 Å². The molecule has 2 aromatic carbocycles. The van der Waals surface area contributed by atoms with Gasteiger partial charge in [-0.2, -0.15) is 5.11 Å². The summed E-state index contributed by atoms with van der Waals surface area (Å²) in [7, 11) is 0. The maximum Gasteiger partial charge on any atom is 0.263 e. The molecule has 4 rings (SSSR count). The molecule has 148 valence electrons. The molecule has 0 saturated carbocycles. The van der Waals surface area contributed by atoms with E-state index in [1.54, 1.807) is 12.1 Å². The van der Waals surface area contributed by atoms with Crippen LogP contribution in [0.4, 0.5) is 15.8 Å². The van der Waals surface area contributed by atoms with E-state index in [9.17, 15) is 18.8 Å². The van der Waals surface area contributed by atoms with Gasteiger partial charge in [-0.1, -0.05) is 22.9 Å². The standard InChI is InChI=1S/C19H15ClFN5O3/c1-10-2-7-13(8-14(10)20)26-18(28)16-17(19(26)29)25(24-23-16)9-15(27)22-12-5-3-11(21)4-6-12/h2-8,16-17H,9H2,1H3,(H,22,27)/t16-,17-/m1/s1. The number of imide groups is 1. The Hall–Kier alpha value is -3.33. The Morgan fingerprint density at radius 2 is 1.90 bits per heavy atom. The molecule has 0 bridgehead atoms. The molecule has 29 heavy (non-hydrogen) atoms. The van der Waals surface area contributed by atoms with E-state index in [2.05, 4.69) is 15.7 Å². The van der Waals surface area contributed by atoms with Gasteiger partial charge in [0, 0.05) is 10.7 Å². The van der Waals surface area contributed by atoms with Crippen LogP contribution in [-0.4, -0.2) is 41.4 Å². The summed E-state index contributed by atoms with van der Waals surface area (Å²) < 4.78 is 13.0. The van der Waals surface area contributed by atoms with E-state index in [0.29, 0.717) is 16.4 Å². The summed E-state index contributed by atoms with van der Waals surface area (Å²) in [5.41, 5.74) is 1.55. The Bertz CT molecular complexity index is 1040. The Morgan fingerprint density at radius 1 is 1.17 bits per heavy atom. The highest BCUT2D eigenvalue weighted by Gasteiger charge is 2.55. The molecule has 1 saturated heterocycles. The number of aryl methyl sites for hydroxylation is 1. The van der Waals surface area contributed by atoms with Crippen molar-refractivity contribution < 1.29 is 18.8 Å². The number of anilines is 2. The largest absolute Gasteiger partial charge is 0.324 e. The summed E-state index contributed by atoms with van der Waals surface area (Å²) in [4.78, 5) is 38.9. The number of fused-ring (bicyclic) bond motifs is 1. The number of carbonyl (C=O) groups excluding carboxylic acids is 3. The Balaban J connectivity index is 1.49. The van der Waals surface area contributed by atoms with Crippen molar-refractivity contribution in [3.8, 4) is 0 Å². The van der Waals surface area contributed by atoms with Crippen LogP contribution in [0.15, 0.2) is 52.8 Å². The van der Waals surface area contributed by atoms with Gasteiger partial charge in [-0.3, -0.25) is 19.4 Å². The lowest BCUT2D eigenvalue weighted by Gasteiger charge is -2.20. The predicted octanol–water partition coefficient (Wildman–Crippen LogP) is 2.72.